The zero-order chi connectivity index (χ0) is 28.6. The van der Waals surface area contributed by atoms with Crippen molar-refractivity contribution in [2.45, 2.75) is 33.3 Å². The zero-order valence-electron chi connectivity index (χ0n) is 23.1. The highest BCUT2D eigenvalue weighted by atomic mass is 32.1. The fraction of sp³-hybridized carbons (Fsp3) is 0.379. The number of ether oxygens (including phenoxy) is 3. The van der Waals surface area contributed by atoms with E-state index in [1.807, 2.05) is 51.1 Å². The molecule has 2 aliphatic heterocycles. The molecule has 2 N–H and O–H groups in total. The standard InChI is InChI=1S/C29H31FN6O4S/c1-17-4-7-20-24(29(2,3)27(37)33-28-34-35-41-28)21-8-9-23(32-26(21)40-25(20)31-17)18-5-6-19(22(30)14-18)15-39-16-36-10-12-38-13-11-36/h4-9,14,24,35H,10-13,15-16H2,1-3H3,(H,33,34,37)/t24-/m0/s1. The molecule has 0 aliphatic carbocycles. The molecule has 10 nitrogen and oxygen atoms in total. The number of carbonyl (C=O) groups is 1. The highest BCUT2D eigenvalue weighted by molar-refractivity contribution is 7.10. The van der Waals surface area contributed by atoms with Crippen molar-refractivity contribution in [3.8, 4) is 23.0 Å². The number of carbonyl (C=O) groups excluding carboxylic acids is 1. The number of halogens is 1. The third kappa shape index (κ3) is 5.60. The van der Waals surface area contributed by atoms with Gasteiger partial charge in [-0.05, 0) is 36.7 Å². The van der Waals surface area contributed by atoms with Crippen molar-refractivity contribution < 1.29 is 23.4 Å². The van der Waals surface area contributed by atoms with Crippen LogP contribution in [0.2, 0.25) is 0 Å². The Morgan fingerprint density at radius 2 is 1.88 bits per heavy atom. The van der Waals surface area contributed by atoms with E-state index in [9.17, 15) is 4.79 Å². The Morgan fingerprint density at radius 1 is 1.15 bits per heavy atom. The molecule has 41 heavy (non-hydrogen) atoms. The average molecular weight is 579 g/mol. The molecule has 12 heteroatoms. The van der Waals surface area contributed by atoms with Crippen LogP contribution in [-0.2, 0) is 20.9 Å². The number of aromatic nitrogens is 4. The topological polar surface area (TPSA) is 114 Å². The maximum atomic E-state index is 15.1. The van der Waals surface area contributed by atoms with Gasteiger partial charge >= 0.3 is 0 Å². The van der Waals surface area contributed by atoms with Gasteiger partial charge in [-0.2, -0.15) is 0 Å². The molecule has 0 radical (unpaired) electrons. The molecular weight excluding hydrogens is 547 g/mol. The molecular formula is C29H31FN6O4S. The van der Waals surface area contributed by atoms with Crippen LogP contribution in [0.25, 0.3) is 11.3 Å². The number of fused-ring (bicyclic) bond motifs is 2. The van der Waals surface area contributed by atoms with Gasteiger partial charge in [0, 0.05) is 47.0 Å². The summed E-state index contributed by atoms with van der Waals surface area (Å²) < 4.78 is 35.1. The smallest absolute Gasteiger partial charge is 0.232 e. The second kappa shape index (κ2) is 11.3. The predicted molar refractivity (Wildman–Crippen MR) is 151 cm³/mol. The van der Waals surface area contributed by atoms with Crippen molar-refractivity contribution in [3.63, 3.8) is 0 Å². The lowest BCUT2D eigenvalue weighted by Gasteiger charge is -2.37. The molecule has 4 aromatic rings. The highest BCUT2D eigenvalue weighted by Crippen LogP contribution is 2.51. The summed E-state index contributed by atoms with van der Waals surface area (Å²) in [4.78, 5) is 24.9. The molecule has 0 saturated carbocycles. The van der Waals surface area contributed by atoms with E-state index in [4.69, 9.17) is 19.2 Å². The highest BCUT2D eigenvalue weighted by Gasteiger charge is 2.45. The van der Waals surface area contributed by atoms with Gasteiger partial charge in [-0.1, -0.05) is 38.1 Å². The predicted octanol–water partition coefficient (Wildman–Crippen LogP) is 5.08. The number of anilines is 1. The van der Waals surface area contributed by atoms with Gasteiger partial charge in [-0.25, -0.2) is 18.8 Å². The fourth-order valence-corrected chi connectivity index (χ4v) is 5.49. The van der Waals surface area contributed by atoms with E-state index in [2.05, 4.69) is 24.8 Å². The zero-order valence-corrected chi connectivity index (χ0v) is 23.9. The first-order valence-corrected chi connectivity index (χ1v) is 14.3. The first-order valence-electron chi connectivity index (χ1n) is 13.4. The van der Waals surface area contributed by atoms with Crippen LogP contribution in [0.5, 0.6) is 11.8 Å². The Hall–Kier alpha value is -3.71. The molecule has 2 aliphatic rings. The summed E-state index contributed by atoms with van der Waals surface area (Å²) in [6.07, 6.45) is 0. The van der Waals surface area contributed by atoms with Crippen molar-refractivity contribution >= 4 is 22.6 Å². The van der Waals surface area contributed by atoms with Crippen LogP contribution >= 0.6 is 11.5 Å². The molecule has 0 unspecified atom stereocenters. The van der Waals surface area contributed by atoms with Crippen LogP contribution in [0.15, 0.2) is 42.5 Å². The van der Waals surface area contributed by atoms with Crippen LogP contribution in [0.3, 0.4) is 0 Å². The van der Waals surface area contributed by atoms with Crippen LogP contribution < -0.4 is 10.1 Å². The van der Waals surface area contributed by atoms with Gasteiger partial charge in [0.25, 0.3) is 0 Å². The number of hydrogen-bond acceptors (Lipinski definition) is 9. The second-order valence-electron chi connectivity index (χ2n) is 10.8. The first-order chi connectivity index (χ1) is 19.8. The number of nitrogens with one attached hydrogen (secondary N) is 2. The molecule has 3 aromatic heterocycles. The van der Waals surface area contributed by atoms with E-state index in [0.29, 0.717) is 53.7 Å². The van der Waals surface area contributed by atoms with Crippen LogP contribution in [-0.4, -0.2) is 63.4 Å². The van der Waals surface area contributed by atoms with Gasteiger partial charge < -0.3 is 14.2 Å². The van der Waals surface area contributed by atoms with Gasteiger partial charge in [0.2, 0.25) is 22.8 Å². The average Bonchev–Trinajstić information content (AvgIpc) is 2.94. The molecule has 1 atom stereocenters. The lowest BCUT2D eigenvalue weighted by atomic mass is 9.70. The van der Waals surface area contributed by atoms with Crippen LogP contribution in [0.4, 0.5) is 9.52 Å². The lowest BCUT2D eigenvalue weighted by Crippen LogP contribution is -2.38. The number of pyridine rings is 2. The lowest BCUT2D eigenvalue weighted by molar-refractivity contribution is -0.124. The number of aryl methyl sites for hydroxylation is 1. The van der Waals surface area contributed by atoms with Crippen molar-refractivity contribution in [1.82, 2.24) is 24.5 Å². The summed E-state index contributed by atoms with van der Waals surface area (Å²) in [5.74, 6) is -0.197. The van der Waals surface area contributed by atoms with Gasteiger partial charge in [-0.15, -0.1) is 5.10 Å². The molecule has 1 fully saturated rings. The second-order valence-corrected chi connectivity index (χ2v) is 11.5. The SMILES string of the molecule is Cc1ccc2c(n1)Oc1nc(-c3ccc(COCN4CCOCC4)c(F)c3)ccc1[C@H]2C(C)(C)C(=O)Nc1n[nH]s1. The number of rotatable bonds is 8. The van der Waals surface area contributed by atoms with E-state index in [1.54, 1.807) is 6.07 Å². The van der Waals surface area contributed by atoms with Crippen LogP contribution in [0.1, 0.15) is 42.1 Å². The number of benzene rings is 1. The van der Waals surface area contributed by atoms with Crippen LogP contribution in [0, 0.1) is 18.2 Å². The number of nitrogens with zero attached hydrogens (tertiary/aromatic N) is 4. The molecule has 214 valence electrons. The number of morpholine rings is 1. The monoisotopic (exact) mass is 578 g/mol. The maximum Gasteiger partial charge on any atom is 0.232 e. The van der Waals surface area contributed by atoms with Gasteiger partial charge in [-0.3, -0.25) is 15.0 Å². The van der Waals surface area contributed by atoms with Crippen molar-refractivity contribution in [1.29, 1.82) is 0 Å². The summed E-state index contributed by atoms with van der Waals surface area (Å²) in [6.45, 7) is 9.23. The molecule has 1 aromatic carbocycles. The molecule has 5 heterocycles. The Morgan fingerprint density at radius 3 is 2.59 bits per heavy atom. The van der Waals surface area contributed by atoms with Gasteiger partial charge in [0.15, 0.2) is 0 Å². The van der Waals surface area contributed by atoms with E-state index in [0.717, 1.165) is 29.9 Å². The number of amides is 1. The van der Waals surface area contributed by atoms with Crippen molar-refractivity contribution in [2.24, 2.45) is 5.41 Å². The Labute approximate surface area is 241 Å². The molecule has 0 spiro atoms. The minimum Gasteiger partial charge on any atom is -0.420 e. The van der Waals surface area contributed by atoms with E-state index >= 15 is 4.39 Å². The number of H-pyrrole nitrogens is 1. The third-order valence-corrected chi connectivity index (χ3v) is 8.10. The third-order valence-electron chi connectivity index (χ3n) is 7.53. The molecule has 1 amide bonds. The summed E-state index contributed by atoms with van der Waals surface area (Å²) in [6, 6.07) is 12.6. The molecule has 1 saturated heterocycles. The van der Waals surface area contributed by atoms with Gasteiger partial charge in [0.1, 0.15) is 5.82 Å². The number of hydrogen-bond donors (Lipinski definition) is 2. The summed E-state index contributed by atoms with van der Waals surface area (Å²) in [5.41, 5.74) is 3.06. The van der Waals surface area contributed by atoms with E-state index in [1.165, 1.54) is 17.6 Å². The minimum absolute atomic E-state index is 0.172. The largest absolute Gasteiger partial charge is 0.420 e. The maximum absolute atomic E-state index is 15.1. The molecule has 6 rings (SSSR count). The summed E-state index contributed by atoms with van der Waals surface area (Å²) >= 11 is 1.26. The number of aromatic amines is 1. The minimum atomic E-state index is -0.902. The van der Waals surface area contributed by atoms with E-state index < -0.39 is 11.3 Å². The fourth-order valence-electron chi connectivity index (χ4n) is 5.17. The van der Waals surface area contributed by atoms with Crippen molar-refractivity contribution in [2.75, 3.05) is 38.4 Å². The summed E-state index contributed by atoms with van der Waals surface area (Å²) in [7, 11) is 0. The first kappa shape index (κ1) is 27.5. The Bertz CT molecular complexity index is 1560. The summed E-state index contributed by atoms with van der Waals surface area (Å²) in [5, 5.41) is 7.36. The molecule has 0 bridgehead atoms. The quantitative estimate of drug-likeness (QED) is 0.297. The Kier molecular flexibility index (Phi) is 7.56. The Balaban J connectivity index is 1.26. The van der Waals surface area contributed by atoms with Gasteiger partial charge in [0.05, 0.1) is 37.7 Å². The van der Waals surface area contributed by atoms with E-state index in [-0.39, 0.29) is 18.3 Å². The normalized spacial score (nSPS) is 17.0. The van der Waals surface area contributed by atoms with Crippen molar-refractivity contribution in [3.05, 3.63) is 70.7 Å².